The maximum atomic E-state index is 12.8. The van der Waals surface area contributed by atoms with Crippen LogP contribution in [-0.2, 0) is 0 Å². The predicted octanol–water partition coefficient (Wildman–Crippen LogP) is 3.07. The van der Waals surface area contributed by atoms with Crippen molar-refractivity contribution in [3.8, 4) is 11.3 Å². The van der Waals surface area contributed by atoms with Gasteiger partial charge in [0.15, 0.2) is 0 Å². The Morgan fingerprint density at radius 3 is 2.96 bits per heavy atom. The fourth-order valence-corrected chi connectivity index (χ4v) is 3.38. The monoisotopic (exact) mass is 332 g/mol. The summed E-state index contributed by atoms with van der Waals surface area (Å²) in [5.41, 5.74) is 8.02. The number of aromatic amines is 1. The van der Waals surface area contributed by atoms with Crippen LogP contribution >= 0.6 is 11.6 Å². The normalized spacial score (nSPS) is 19.6. The standard InChI is InChI=1S/C17H21ClN4O/c1-11(19)16-8-4-5-9-22(16)17(23)15-10-14(20-21-15)12-6-2-3-7-13(12)18/h2-3,6-7,10-11,16H,4-5,8-9,19H2,1H3,(H,20,21). The number of rotatable bonds is 3. The highest BCUT2D eigenvalue weighted by Crippen LogP contribution is 2.27. The summed E-state index contributed by atoms with van der Waals surface area (Å²) in [6.45, 7) is 2.70. The van der Waals surface area contributed by atoms with Gasteiger partial charge in [0.1, 0.15) is 5.69 Å². The molecule has 1 fully saturated rings. The van der Waals surface area contributed by atoms with Crippen LogP contribution in [0.4, 0.5) is 0 Å². The van der Waals surface area contributed by atoms with Crippen LogP contribution in [0.1, 0.15) is 36.7 Å². The lowest BCUT2D eigenvalue weighted by molar-refractivity contribution is 0.0577. The number of benzene rings is 1. The number of nitrogens with one attached hydrogen (secondary N) is 1. The molecule has 1 aromatic heterocycles. The minimum absolute atomic E-state index is 0.0368. The van der Waals surface area contributed by atoms with Gasteiger partial charge < -0.3 is 10.6 Å². The number of carbonyl (C=O) groups is 1. The molecule has 0 bridgehead atoms. The smallest absolute Gasteiger partial charge is 0.272 e. The first kappa shape index (κ1) is 16.0. The summed E-state index contributed by atoms with van der Waals surface area (Å²) in [4.78, 5) is 14.7. The number of piperidine rings is 1. The van der Waals surface area contributed by atoms with Crippen molar-refractivity contribution < 1.29 is 4.79 Å². The highest BCUT2D eigenvalue weighted by Gasteiger charge is 2.30. The van der Waals surface area contributed by atoms with Crippen LogP contribution in [0.5, 0.6) is 0 Å². The Balaban J connectivity index is 1.85. The highest BCUT2D eigenvalue weighted by molar-refractivity contribution is 6.33. The van der Waals surface area contributed by atoms with E-state index in [4.69, 9.17) is 17.3 Å². The quantitative estimate of drug-likeness (QED) is 0.907. The molecule has 2 heterocycles. The first-order valence-corrected chi connectivity index (χ1v) is 8.32. The molecular formula is C17H21ClN4O. The second kappa shape index (κ2) is 6.72. The van der Waals surface area contributed by atoms with Gasteiger partial charge in [-0.05, 0) is 38.3 Å². The van der Waals surface area contributed by atoms with Crippen molar-refractivity contribution in [2.24, 2.45) is 5.73 Å². The molecule has 1 aliphatic rings. The van der Waals surface area contributed by atoms with Crippen molar-refractivity contribution >= 4 is 17.5 Å². The van der Waals surface area contributed by atoms with Gasteiger partial charge in [0.2, 0.25) is 0 Å². The summed E-state index contributed by atoms with van der Waals surface area (Å²) in [6.07, 6.45) is 3.08. The first-order valence-electron chi connectivity index (χ1n) is 7.95. The number of aromatic nitrogens is 2. The van der Waals surface area contributed by atoms with E-state index in [0.717, 1.165) is 31.4 Å². The van der Waals surface area contributed by atoms with E-state index in [1.165, 1.54) is 0 Å². The zero-order valence-electron chi connectivity index (χ0n) is 13.1. The van der Waals surface area contributed by atoms with Crippen LogP contribution < -0.4 is 5.73 Å². The van der Waals surface area contributed by atoms with Crippen molar-refractivity contribution in [3.63, 3.8) is 0 Å². The number of hydrogen-bond donors (Lipinski definition) is 2. The average molecular weight is 333 g/mol. The molecule has 1 amide bonds. The fourth-order valence-electron chi connectivity index (χ4n) is 3.15. The summed E-state index contributed by atoms with van der Waals surface area (Å²) >= 11 is 6.20. The molecule has 0 spiro atoms. The van der Waals surface area contributed by atoms with E-state index in [9.17, 15) is 4.79 Å². The number of carbonyl (C=O) groups excluding carboxylic acids is 1. The minimum atomic E-state index is -0.0437. The number of amides is 1. The van der Waals surface area contributed by atoms with Gasteiger partial charge in [-0.2, -0.15) is 5.10 Å². The third-order valence-electron chi connectivity index (χ3n) is 4.38. The Morgan fingerprint density at radius 2 is 2.22 bits per heavy atom. The molecule has 2 unspecified atom stereocenters. The molecule has 0 saturated carbocycles. The molecule has 3 N–H and O–H groups in total. The van der Waals surface area contributed by atoms with Gasteiger partial charge in [-0.3, -0.25) is 9.89 Å². The maximum absolute atomic E-state index is 12.8. The summed E-state index contributed by atoms with van der Waals surface area (Å²) in [6, 6.07) is 9.27. The van der Waals surface area contributed by atoms with Crippen molar-refractivity contribution in [1.29, 1.82) is 0 Å². The van der Waals surface area contributed by atoms with Crippen molar-refractivity contribution in [2.75, 3.05) is 6.54 Å². The summed E-state index contributed by atoms with van der Waals surface area (Å²) in [7, 11) is 0. The topological polar surface area (TPSA) is 75.0 Å². The van der Waals surface area contributed by atoms with Crippen LogP contribution in [0.15, 0.2) is 30.3 Å². The van der Waals surface area contributed by atoms with Crippen LogP contribution in [0.2, 0.25) is 5.02 Å². The molecule has 6 heteroatoms. The molecule has 3 rings (SSSR count). The second-order valence-corrected chi connectivity index (χ2v) is 6.47. The lowest BCUT2D eigenvalue weighted by Gasteiger charge is -2.37. The van der Waals surface area contributed by atoms with E-state index in [1.54, 1.807) is 6.07 Å². The van der Waals surface area contributed by atoms with E-state index in [2.05, 4.69) is 10.2 Å². The summed E-state index contributed by atoms with van der Waals surface area (Å²) < 4.78 is 0. The number of likely N-dealkylation sites (tertiary alicyclic amines) is 1. The van der Waals surface area contributed by atoms with E-state index in [-0.39, 0.29) is 18.0 Å². The molecule has 5 nitrogen and oxygen atoms in total. The van der Waals surface area contributed by atoms with Gasteiger partial charge >= 0.3 is 0 Å². The second-order valence-electron chi connectivity index (χ2n) is 6.07. The van der Waals surface area contributed by atoms with E-state index in [0.29, 0.717) is 16.4 Å². The number of halogens is 1. The summed E-state index contributed by atoms with van der Waals surface area (Å²) in [5, 5.41) is 7.71. The molecule has 122 valence electrons. The van der Waals surface area contributed by atoms with E-state index >= 15 is 0 Å². The Labute approximate surface area is 140 Å². The van der Waals surface area contributed by atoms with E-state index < -0.39 is 0 Å². The summed E-state index contributed by atoms with van der Waals surface area (Å²) in [5.74, 6) is -0.0437. The Bertz CT molecular complexity index is 697. The largest absolute Gasteiger partial charge is 0.333 e. The van der Waals surface area contributed by atoms with Crippen LogP contribution in [0, 0.1) is 0 Å². The van der Waals surface area contributed by atoms with Gasteiger partial charge in [0.25, 0.3) is 5.91 Å². The minimum Gasteiger partial charge on any atom is -0.333 e. The molecule has 1 aliphatic heterocycles. The zero-order valence-corrected chi connectivity index (χ0v) is 13.9. The molecular weight excluding hydrogens is 312 g/mol. The average Bonchev–Trinajstić information content (AvgIpc) is 3.04. The fraction of sp³-hybridized carbons (Fsp3) is 0.412. The van der Waals surface area contributed by atoms with Gasteiger partial charge in [-0.25, -0.2) is 0 Å². The molecule has 2 aromatic rings. The van der Waals surface area contributed by atoms with Gasteiger partial charge in [0, 0.05) is 24.2 Å². The van der Waals surface area contributed by atoms with Crippen LogP contribution in [0.25, 0.3) is 11.3 Å². The molecule has 0 radical (unpaired) electrons. The van der Waals surface area contributed by atoms with Gasteiger partial charge in [-0.1, -0.05) is 29.8 Å². The van der Waals surface area contributed by atoms with Crippen molar-refractivity contribution in [3.05, 3.63) is 41.0 Å². The number of hydrogen-bond acceptors (Lipinski definition) is 3. The zero-order chi connectivity index (χ0) is 16.4. The lowest BCUT2D eigenvalue weighted by Crippen LogP contribution is -2.51. The Kier molecular flexibility index (Phi) is 4.68. The van der Waals surface area contributed by atoms with Crippen LogP contribution in [0.3, 0.4) is 0 Å². The Hall–Kier alpha value is -1.85. The van der Waals surface area contributed by atoms with Gasteiger partial charge in [0.05, 0.1) is 10.7 Å². The third-order valence-corrected chi connectivity index (χ3v) is 4.70. The number of nitrogens with zero attached hydrogens (tertiary/aromatic N) is 2. The highest BCUT2D eigenvalue weighted by atomic mass is 35.5. The molecule has 2 atom stereocenters. The number of nitrogens with two attached hydrogens (primary N) is 1. The van der Waals surface area contributed by atoms with Gasteiger partial charge in [-0.15, -0.1) is 0 Å². The third kappa shape index (κ3) is 3.26. The number of H-pyrrole nitrogens is 1. The molecule has 1 aromatic carbocycles. The predicted molar refractivity (Wildman–Crippen MR) is 91.4 cm³/mol. The molecule has 23 heavy (non-hydrogen) atoms. The first-order chi connectivity index (χ1) is 11.1. The van der Waals surface area contributed by atoms with Crippen molar-refractivity contribution in [1.82, 2.24) is 15.1 Å². The molecule has 0 aliphatic carbocycles. The lowest BCUT2D eigenvalue weighted by atomic mass is 9.96. The molecule has 1 saturated heterocycles. The van der Waals surface area contributed by atoms with E-state index in [1.807, 2.05) is 36.1 Å². The van der Waals surface area contributed by atoms with Crippen LogP contribution in [-0.4, -0.2) is 39.6 Å². The Morgan fingerprint density at radius 1 is 1.43 bits per heavy atom. The van der Waals surface area contributed by atoms with Crippen molar-refractivity contribution in [2.45, 2.75) is 38.3 Å². The SMILES string of the molecule is CC(N)C1CCCCN1C(=O)c1cc(-c2ccccc2Cl)n[nH]1. The maximum Gasteiger partial charge on any atom is 0.272 e.